The van der Waals surface area contributed by atoms with E-state index in [-0.39, 0.29) is 24.1 Å². The van der Waals surface area contributed by atoms with Crippen molar-refractivity contribution in [1.29, 1.82) is 0 Å². The molecule has 1 rings (SSSR count). The zero-order valence-electron chi connectivity index (χ0n) is 20.7. The molecule has 0 saturated carbocycles. The Morgan fingerprint density at radius 2 is 1.44 bits per heavy atom. The van der Waals surface area contributed by atoms with Gasteiger partial charge >= 0.3 is 11.9 Å². The molecule has 6 heteroatoms. The Balaban J connectivity index is 2.45. The fraction of sp³-hybridized carbons (Fsp3) is 0.885. The molecule has 1 fully saturated rings. The molecule has 6 nitrogen and oxygen atoms in total. The molecule has 186 valence electrons. The van der Waals surface area contributed by atoms with Gasteiger partial charge in [0.25, 0.3) is 0 Å². The lowest BCUT2D eigenvalue weighted by atomic mass is 9.86. The van der Waals surface area contributed by atoms with Crippen LogP contribution in [0.15, 0.2) is 0 Å². The Bertz CT molecular complexity index is 550. The Morgan fingerprint density at radius 1 is 0.906 bits per heavy atom. The molecule has 1 amide bonds. The van der Waals surface area contributed by atoms with Gasteiger partial charge < -0.3 is 15.2 Å². The first-order valence-electron chi connectivity index (χ1n) is 13.1. The number of amides is 1. The second kappa shape index (κ2) is 17.0. The number of ether oxygens (including phenoxy) is 2. The Hall–Kier alpha value is -1.59. The van der Waals surface area contributed by atoms with Gasteiger partial charge in [-0.15, -0.1) is 0 Å². The fourth-order valence-corrected chi connectivity index (χ4v) is 4.25. The Labute approximate surface area is 195 Å². The van der Waals surface area contributed by atoms with E-state index in [9.17, 15) is 14.4 Å². The molecule has 0 bridgehead atoms. The summed E-state index contributed by atoms with van der Waals surface area (Å²) in [5, 5.41) is 0. The maximum absolute atomic E-state index is 12.3. The van der Waals surface area contributed by atoms with Crippen LogP contribution in [0.2, 0.25) is 0 Å². The fourth-order valence-electron chi connectivity index (χ4n) is 4.25. The summed E-state index contributed by atoms with van der Waals surface area (Å²) in [7, 11) is 0. The number of hydrogen-bond donors (Lipinski definition) is 1. The van der Waals surface area contributed by atoms with Crippen molar-refractivity contribution in [2.24, 2.45) is 17.6 Å². The normalized spacial score (nSPS) is 19.7. The van der Waals surface area contributed by atoms with Gasteiger partial charge in [0.05, 0.1) is 5.92 Å². The minimum atomic E-state index is -0.964. The van der Waals surface area contributed by atoms with Gasteiger partial charge in [-0.25, -0.2) is 0 Å². The summed E-state index contributed by atoms with van der Waals surface area (Å²) < 4.78 is 11.0. The van der Waals surface area contributed by atoms with Crippen molar-refractivity contribution in [3.63, 3.8) is 0 Å². The molecular weight excluding hydrogens is 406 g/mol. The largest absolute Gasteiger partial charge is 0.462 e. The van der Waals surface area contributed by atoms with Crippen LogP contribution in [0.3, 0.4) is 0 Å². The number of cyclic esters (lactones) is 1. The van der Waals surface area contributed by atoms with Gasteiger partial charge in [0.2, 0.25) is 5.91 Å². The van der Waals surface area contributed by atoms with E-state index in [0.29, 0.717) is 6.42 Å². The first-order valence-corrected chi connectivity index (χ1v) is 13.1. The molecule has 1 heterocycles. The van der Waals surface area contributed by atoms with Crippen LogP contribution in [0, 0.1) is 11.8 Å². The van der Waals surface area contributed by atoms with Crippen LogP contribution < -0.4 is 5.73 Å². The highest BCUT2D eigenvalue weighted by atomic mass is 16.6. The molecule has 1 unspecified atom stereocenters. The maximum Gasteiger partial charge on any atom is 0.318 e. The third-order valence-corrected chi connectivity index (χ3v) is 6.58. The summed E-state index contributed by atoms with van der Waals surface area (Å²) in [6.07, 6.45) is 17.0. The zero-order valence-corrected chi connectivity index (χ0v) is 20.7. The highest BCUT2D eigenvalue weighted by molar-refractivity contribution is 5.96. The van der Waals surface area contributed by atoms with Gasteiger partial charge in [-0.1, -0.05) is 90.9 Å². The van der Waals surface area contributed by atoms with Gasteiger partial charge in [0.1, 0.15) is 18.1 Å². The van der Waals surface area contributed by atoms with E-state index in [1.165, 1.54) is 58.3 Å². The summed E-state index contributed by atoms with van der Waals surface area (Å²) in [6.45, 7) is 5.87. The number of carbonyl (C=O) groups is 3. The average Bonchev–Trinajstić information content (AvgIpc) is 2.76. The molecule has 0 aromatic carbocycles. The van der Waals surface area contributed by atoms with Crippen LogP contribution in [-0.4, -0.2) is 30.1 Å². The first-order chi connectivity index (χ1) is 15.4. The van der Waals surface area contributed by atoms with Crippen LogP contribution in [0.25, 0.3) is 0 Å². The summed E-state index contributed by atoms with van der Waals surface area (Å²) in [5.41, 5.74) is 5.26. The lowest BCUT2D eigenvalue weighted by Gasteiger charge is -2.37. The number of hydrogen-bond acceptors (Lipinski definition) is 5. The molecule has 0 aromatic rings. The van der Waals surface area contributed by atoms with E-state index >= 15 is 0 Å². The third-order valence-electron chi connectivity index (χ3n) is 6.58. The van der Waals surface area contributed by atoms with Gasteiger partial charge in [0.15, 0.2) is 0 Å². The molecule has 4 atom stereocenters. The molecule has 1 aliphatic heterocycles. The van der Waals surface area contributed by atoms with E-state index < -0.39 is 17.8 Å². The summed E-state index contributed by atoms with van der Waals surface area (Å²) in [6, 6.07) is 0. The van der Waals surface area contributed by atoms with Crippen LogP contribution in [0.1, 0.15) is 124 Å². The molecule has 0 spiro atoms. The van der Waals surface area contributed by atoms with Crippen molar-refractivity contribution in [2.75, 3.05) is 0 Å². The summed E-state index contributed by atoms with van der Waals surface area (Å²) >= 11 is 0. The van der Waals surface area contributed by atoms with E-state index in [4.69, 9.17) is 15.2 Å². The van der Waals surface area contributed by atoms with Crippen molar-refractivity contribution in [1.82, 2.24) is 0 Å². The second-order valence-electron chi connectivity index (χ2n) is 9.47. The molecule has 32 heavy (non-hydrogen) atoms. The smallest absolute Gasteiger partial charge is 0.318 e. The van der Waals surface area contributed by atoms with E-state index in [1.54, 1.807) is 0 Å². The van der Waals surface area contributed by atoms with Crippen molar-refractivity contribution in [2.45, 2.75) is 136 Å². The quantitative estimate of drug-likeness (QED) is 0.142. The molecule has 2 N–H and O–H groups in total. The molecule has 1 aliphatic rings. The molecule has 0 aromatic heterocycles. The lowest BCUT2D eigenvalue weighted by Crippen LogP contribution is -2.47. The number of esters is 2. The number of unbranched alkanes of at least 4 members (excludes halogenated alkanes) is 11. The molecule has 1 saturated heterocycles. The predicted molar refractivity (Wildman–Crippen MR) is 127 cm³/mol. The van der Waals surface area contributed by atoms with E-state index in [1.807, 2.05) is 0 Å². The van der Waals surface area contributed by atoms with Crippen LogP contribution >= 0.6 is 0 Å². The Kier molecular flexibility index (Phi) is 15.1. The second-order valence-corrected chi connectivity index (χ2v) is 9.47. The number of primary amides is 1. The summed E-state index contributed by atoms with van der Waals surface area (Å²) in [4.78, 5) is 35.6. The maximum atomic E-state index is 12.3. The predicted octanol–water partition coefficient (Wildman–Crippen LogP) is 5.84. The van der Waals surface area contributed by atoms with E-state index in [2.05, 4.69) is 13.8 Å². The van der Waals surface area contributed by atoms with Crippen LogP contribution in [0.5, 0.6) is 0 Å². The average molecular weight is 454 g/mol. The minimum absolute atomic E-state index is 0.0928. The Morgan fingerprint density at radius 3 is 1.97 bits per heavy atom. The number of rotatable bonds is 20. The SMILES string of the molecule is CCCCCCCCCCC[C@@H](C[C@@H]1OC(=O)[C@H]1CCCCCC)OC(=O)C(C)C(N)=O. The monoisotopic (exact) mass is 453 g/mol. The van der Waals surface area contributed by atoms with Gasteiger partial charge in [-0.3, -0.25) is 14.4 Å². The third kappa shape index (κ3) is 11.3. The minimum Gasteiger partial charge on any atom is -0.462 e. The number of carbonyl (C=O) groups excluding carboxylic acids is 3. The van der Waals surface area contributed by atoms with Crippen LogP contribution in [0.4, 0.5) is 0 Å². The summed E-state index contributed by atoms with van der Waals surface area (Å²) in [5.74, 6) is -2.45. The lowest BCUT2D eigenvalue weighted by molar-refractivity contribution is -0.190. The van der Waals surface area contributed by atoms with Gasteiger partial charge in [-0.2, -0.15) is 0 Å². The van der Waals surface area contributed by atoms with Crippen molar-refractivity contribution < 1.29 is 23.9 Å². The standard InChI is InChI=1S/C26H47NO5/c1-4-6-8-10-11-12-13-14-15-17-21(31-25(29)20(3)24(27)28)19-23-22(26(30)32-23)18-16-9-7-5-2/h20-23H,4-19H2,1-3H3,(H2,27,28)/t20?,21-,22-,23-/m0/s1. The number of nitrogens with two attached hydrogens (primary N) is 1. The first kappa shape index (κ1) is 28.4. The molecule has 0 aliphatic carbocycles. The highest BCUT2D eigenvalue weighted by Gasteiger charge is 2.43. The van der Waals surface area contributed by atoms with Crippen molar-refractivity contribution >= 4 is 17.8 Å². The topological polar surface area (TPSA) is 95.7 Å². The van der Waals surface area contributed by atoms with Crippen LogP contribution in [-0.2, 0) is 23.9 Å². The highest BCUT2D eigenvalue weighted by Crippen LogP contribution is 2.32. The molecule has 0 radical (unpaired) electrons. The van der Waals surface area contributed by atoms with Gasteiger partial charge in [0, 0.05) is 6.42 Å². The van der Waals surface area contributed by atoms with E-state index in [0.717, 1.165) is 44.9 Å². The van der Waals surface area contributed by atoms with Crippen molar-refractivity contribution in [3.8, 4) is 0 Å². The van der Waals surface area contributed by atoms with Crippen molar-refractivity contribution in [3.05, 3.63) is 0 Å². The van der Waals surface area contributed by atoms with Gasteiger partial charge in [-0.05, 0) is 26.2 Å². The molecular formula is C26H47NO5. The zero-order chi connectivity index (χ0) is 23.8.